The third-order valence-corrected chi connectivity index (χ3v) is 12.7. The summed E-state index contributed by atoms with van der Waals surface area (Å²) in [4.78, 5) is 27.9. The number of ether oxygens (including phenoxy) is 1. The van der Waals surface area contributed by atoms with Crippen molar-refractivity contribution in [1.29, 1.82) is 0 Å². The van der Waals surface area contributed by atoms with Crippen molar-refractivity contribution >= 4 is 41.0 Å². The van der Waals surface area contributed by atoms with Crippen molar-refractivity contribution in [2.45, 2.75) is 121 Å². The van der Waals surface area contributed by atoms with Gasteiger partial charge in [0, 0.05) is 50.7 Å². The van der Waals surface area contributed by atoms with Gasteiger partial charge in [-0.1, -0.05) is 12.1 Å². The SMILES string of the molecule is Cc1c(OC2CCC(CCC(N3CCN(c4ccc5c(C6CCC(=O)NC6=O)nn(C)c5c4)CC3)C(F)(F)F)CC2)cccc1B1OC(C)(C)C(C)(C)O1. The monoisotopic (exact) mass is 751 g/mol. The number of halogens is 3. The van der Waals surface area contributed by atoms with E-state index < -0.39 is 36.5 Å². The van der Waals surface area contributed by atoms with E-state index >= 15 is 0 Å². The second-order valence-corrected chi connectivity index (χ2v) is 16.7. The number of alkyl halides is 3. The highest BCUT2D eigenvalue weighted by Crippen LogP contribution is 2.39. The van der Waals surface area contributed by atoms with Crippen molar-refractivity contribution in [2.75, 3.05) is 31.1 Å². The van der Waals surface area contributed by atoms with E-state index in [2.05, 4.69) is 15.3 Å². The Bertz CT molecular complexity index is 1850. The summed E-state index contributed by atoms with van der Waals surface area (Å²) >= 11 is 0. The van der Waals surface area contributed by atoms with Crippen LogP contribution in [0, 0.1) is 12.8 Å². The molecule has 1 aromatic heterocycles. The fraction of sp³-hybridized carbons (Fsp3) is 0.625. The number of hydrogen-bond donors (Lipinski definition) is 1. The van der Waals surface area contributed by atoms with Gasteiger partial charge in [-0.25, -0.2) is 0 Å². The van der Waals surface area contributed by atoms with Crippen LogP contribution in [0.5, 0.6) is 5.75 Å². The molecule has 10 nitrogen and oxygen atoms in total. The third kappa shape index (κ3) is 7.75. The number of carbonyl (C=O) groups excluding carboxylic acids is 2. The summed E-state index contributed by atoms with van der Waals surface area (Å²) in [7, 11) is 1.34. The predicted molar refractivity (Wildman–Crippen MR) is 202 cm³/mol. The Hall–Kier alpha value is -3.62. The first-order chi connectivity index (χ1) is 25.5. The molecule has 2 amide bonds. The largest absolute Gasteiger partial charge is 0.495 e. The number of hydrogen-bond acceptors (Lipinski definition) is 8. The molecule has 0 spiro atoms. The Labute approximate surface area is 316 Å². The molecule has 1 N–H and O–H groups in total. The van der Waals surface area contributed by atoms with E-state index in [4.69, 9.17) is 14.0 Å². The van der Waals surface area contributed by atoms with Crippen LogP contribution < -0.4 is 20.4 Å². The number of carbonyl (C=O) groups is 2. The van der Waals surface area contributed by atoms with Crippen LogP contribution >= 0.6 is 0 Å². The molecule has 2 atom stereocenters. The van der Waals surface area contributed by atoms with Crippen LogP contribution in [0.15, 0.2) is 36.4 Å². The van der Waals surface area contributed by atoms with Crippen LogP contribution in [0.3, 0.4) is 0 Å². The summed E-state index contributed by atoms with van der Waals surface area (Å²) in [5, 5.41) is 7.87. The van der Waals surface area contributed by atoms with Crippen molar-refractivity contribution in [3.63, 3.8) is 0 Å². The molecule has 292 valence electrons. The average Bonchev–Trinajstić information content (AvgIpc) is 3.55. The van der Waals surface area contributed by atoms with E-state index in [0.29, 0.717) is 44.7 Å². The van der Waals surface area contributed by atoms with Crippen molar-refractivity contribution in [1.82, 2.24) is 20.0 Å². The number of aryl methyl sites for hydroxylation is 1. The number of piperazine rings is 1. The zero-order valence-electron chi connectivity index (χ0n) is 32.3. The van der Waals surface area contributed by atoms with Gasteiger partial charge in [0.15, 0.2) is 0 Å². The highest BCUT2D eigenvalue weighted by Gasteiger charge is 2.52. The van der Waals surface area contributed by atoms with Crippen LogP contribution in [-0.4, -0.2) is 89.3 Å². The van der Waals surface area contributed by atoms with Crippen molar-refractivity contribution in [2.24, 2.45) is 13.0 Å². The molecule has 3 saturated heterocycles. The molecule has 0 bridgehead atoms. The number of rotatable bonds is 9. The number of nitrogens with one attached hydrogen (secondary N) is 1. The van der Waals surface area contributed by atoms with Crippen LogP contribution in [-0.2, 0) is 25.9 Å². The number of piperidine rings is 1. The lowest BCUT2D eigenvalue weighted by Crippen LogP contribution is -2.55. The standard InChI is InChI=1S/C40H53BF3N5O5/c1-25-31(41-53-38(2,3)39(4,5)54-41)8-7-9-33(25)52-28-14-10-26(11-15-28)12-18-34(40(42,43)44)49-22-20-48(21-23-49)27-13-16-29-32(24-27)47(6)46-36(29)30-17-19-35(50)45-37(30)51/h7-9,13,16,24,26,28,30,34H,10-12,14-15,17-23H2,1-6H3,(H,45,50,51). The van der Waals surface area contributed by atoms with E-state index in [0.717, 1.165) is 59.0 Å². The number of amides is 2. The zero-order valence-corrected chi connectivity index (χ0v) is 32.3. The van der Waals surface area contributed by atoms with Gasteiger partial charge in [0.2, 0.25) is 11.8 Å². The Morgan fingerprint density at radius 3 is 2.31 bits per heavy atom. The molecule has 2 unspecified atom stereocenters. The number of imide groups is 1. The van der Waals surface area contributed by atoms with Gasteiger partial charge >= 0.3 is 13.3 Å². The lowest BCUT2D eigenvalue weighted by Gasteiger charge is -2.41. The number of benzene rings is 2. The smallest absolute Gasteiger partial charge is 0.490 e. The van der Waals surface area contributed by atoms with Gasteiger partial charge in [-0.3, -0.25) is 24.5 Å². The second kappa shape index (κ2) is 14.8. The maximum atomic E-state index is 14.5. The normalized spacial score (nSPS) is 25.6. The molecule has 14 heteroatoms. The van der Waals surface area contributed by atoms with Gasteiger partial charge in [0.05, 0.1) is 34.4 Å². The van der Waals surface area contributed by atoms with E-state index in [9.17, 15) is 22.8 Å². The Balaban J connectivity index is 0.912. The van der Waals surface area contributed by atoms with Crippen LogP contribution in [0.2, 0.25) is 0 Å². The molecule has 4 fully saturated rings. The predicted octanol–water partition coefficient (Wildman–Crippen LogP) is 6.17. The average molecular weight is 752 g/mol. The minimum Gasteiger partial charge on any atom is -0.490 e. The summed E-state index contributed by atoms with van der Waals surface area (Å²) in [5.41, 5.74) is 3.45. The van der Waals surface area contributed by atoms with Gasteiger partial charge in [-0.05, 0) is 121 Å². The second-order valence-electron chi connectivity index (χ2n) is 16.7. The Morgan fingerprint density at radius 1 is 0.981 bits per heavy atom. The summed E-state index contributed by atoms with van der Waals surface area (Å²) in [6.07, 6.45) is 0.369. The van der Waals surface area contributed by atoms with E-state index in [-0.39, 0.29) is 36.7 Å². The van der Waals surface area contributed by atoms with Crippen LogP contribution in [0.25, 0.3) is 10.9 Å². The fourth-order valence-electron chi connectivity index (χ4n) is 8.62. The lowest BCUT2D eigenvalue weighted by molar-refractivity contribution is -0.187. The number of nitrogens with zero attached hydrogens (tertiary/aromatic N) is 4. The Kier molecular flexibility index (Phi) is 10.6. The first-order valence-corrected chi connectivity index (χ1v) is 19.5. The zero-order chi connectivity index (χ0) is 38.6. The molecule has 1 saturated carbocycles. The van der Waals surface area contributed by atoms with Gasteiger partial charge in [0.25, 0.3) is 0 Å². The maximum absolute atomic E-state index is 14.5. The Morgan fingerprint density at radius 2 is 1.67 bits per heavy atom. The van der Waals surface area contributed by atoms with Gasteiger partial charge < -0.3 is 18.9 Å². The van der Waals surface area contributed by atoms with Crippen molar-refractivity contribution in [3.05, 3.63) is 47.7 Å². The molecule has 4 aliphatic rings. The first kappa shape index (κ1) is 38.7. The summed E-state index contributed by atoms with van der Waals surface area (Å²) in [6.45, 7) is 11.8. The maximum Gasteiger partial charge on any atom is 0.495 e. The van der Waals surface area contributed by atoms with Gasteiger partial charge in [0.1, 0.15) is 11.8 Å². The molecular formula is C40H53BF3N5O5. The van der Waals surface area contributed by atoms with E-state index in [1.54, 1.807) is 9.58 Å². The van der Waals surface area contributed by atoms with E-state index in [1.165, 1.54) is 0 Å². The fourth-order valence-corrected chi connectivity index (χ4v) is 8.62. The van der Waals surface area contributed by atoms with Gasteiger partial charge in [-0.2, -0.15) is 18.3 Å². The molecule has 3 aromatic rings. The molecule has 3 aliphatic heterocycles. The summed E-state index contributed by atoms with van der Waals surface area (Å²) in [5.74, 6) is -0.0562. The molecule has 1 aliphatic carbocycles. The van der Waals surface area contributed by atoms with E-state index in [1.807, 2.05) is 78.1 Å². The van der Waals surface area contributed by atoms with Gasteiger partial charge in [-0.15, -0.1) is 0 Å². The molecule has 54 heavy (non-hydrogen) atoms. The van der Waals surface area contributed by atoms with Crippen molar-refractivity contribution in [3.8, 4) is 5.75 Å². The molecule has 7 rings (SSSR count). The third-order valence-electron chi connectivity index (χ3n) is 12.7. The molecular weight excluding hydrogens is 698 g/mol. The summed E-state index contributed by atoms with van der Waals surface area (Å²) in [6, 6.07) is 10.4. The topological polar surface area (TPSA) is 98.2 Å². The van der Waals surface area contributed by atoms with Crippen LogP contribution in [0.4, 0.5) is 18.9 Å². The minimum absolute atomic E-state index is 0.0228. The van der Waals surface area contributed by atoms with Crippen molar-refractivity contribution < 1.29 is 36.8 Å². The minimum atomic E-state index is -4.30. The molecule has 2 aromatic carbocycles. The van der Waals surface area contributed by atoms with Crippen LogP contribution in [0.1, 0.15) is 96.2 Å². The molecule has 0 radical (unpaired) electrons. The highest BCUT2D eigenvalue weighted by molar-refractivity contribution is 6.62. The number of aromatic nitrogens is 2. The number of anilines is 1. The molecule has 4 heterocycles. The lowest BCUT2D eigenvalue weighted by atomic mass is 9.76. The summed E-state index contributed by atoms with van der Waals surface area (Å²) < 4.78 is 64.4. The number of fused-ring (bicyclic) bond motifs is 1. The first-order valence-electron chi connectivity index (χ1n) is 19.5. The highest BCUT2D eigenvalue weighted by atomic mass is 19.4. The quantitative estimate of drug-likeness (QED) is 0.205.